The van der Waals surface area contributed by atoms with Crippen molar-refractivity contribution in [2.75, 3.05) is 13.7 Å². The smallest absolute Gasteiger partial charge is 0.340 e. The average Bonchev–Trinajstić information content (AvgIpc) is 2.32. The molecule has 1 rings (SSSR count). The van der Waals surface area contributed by atoms with Crippen molar-refractivity contribution in [2.24, 2.45) is 0 Å². The molecule has 0 spiro atoms. The fourth-order valence-electron chi connectivity index (χ4n) is 1.34. The van der Waals surface area contributed by atoms with Crippen LogP contribution in [0.3, 0.4) is 0 Å². The molecule has 0 heterocycles. The van der Waals surface area contributed by atoms with Crippen LogP contribution < -0.4 is 0 Å². The van der Waals surface area contributed by atoms with E-state index in [0.29, 0.717) is 0 Å². The Morgan fingerprint density at radius 3 is 2.63 bits per heavy atom. The third-order valence-electron chi connectivity index (χ3n) is 2.15. The SMILES string of the molecule is COCC(C)OC(=O)c1cc([N+](=O)[O-])cc(Cl)c1Cl. The first-order valence-electron chi connectivity index (χ1n) is 5.20. The van der Waals surface area contributed by atoms with Crippen molar-refractivity contribution in [1.82, 2.24) is 0 Å². The molecule has 0 amide bonds. The number of hydrogen-bond donors (Lipinski definition) is 0. The van der Waals surface area contributed by atoms with Gasteiger partial charge in [0, 0.05) is 19.2 Å². The molecule has 0 saturated heterocycles. The van der Waals surface area contributed by atoms with Crippen molar-refractivity contribution in [2.45, 2.75) is 13.0 Å². The second-order valence-electron chi connectivity index (χ2n) is 3.72. The predicted octanol–water partition coefficient (Wildman–Crippen LogP) is 3.09. The number of carbonyl (C=O) groups excluding carboxylic acids is 1. The van der Waals surface area contributed by atoms with E-state index in [1.54, 1.807) is 6.92 Å². The van der Waals surface area contributed by atoms with E-state index in [9.17, 15) is 14.9 Å². The number of benzene rings is 1. The first-order valence-corrected chi connectivity index (χ1v) is 5.95. The van der Waals surface area contributed by atoms with Crippen LogP contribution in [0.2, 0.25) is 10.0 Å². The Morgan fingerprint density at radius 2 is 2.11 bits per heavy atom. The van der Waals surface area contributed by atoms with Crippen molar-refractivity contribution < 1.29 is 19.2 Å². The Balaban J connectivity index is 3.05. The summed E-state index contributed by atoms with van der Waals surface area (Å²) in [7, 11) is 1.46. The zero-order chi connectivity index (χ0) is 14.6. The van der Waals surface area contributed by atoms with Gasteiger partial charge in [-0.25, -0.2) is 4.79 Å². The van der Waals surface area contributed by atoms with Crippen molar-refractivity contribution in [1.29, 1.82) is 0 Å². The molecule has 104 valence electrons. The number of esters is 1. The van der Waals surface area contributed by atoms with Gasteiger partial charge in [0.1, 0.15) is 6.10 Å². The number of rotatable bonds is 5. The average molecular weight is 308 g/mol. The van der Waals surface area contributed by atoms with Gasteiger partial charge in [-0.05, 0) is 6.92 Å². The highest BCUT2D eigenvalue weighted by Crippen LogP contribution is 2.31. The number of halogens is 2. The summed E-state index contributed by atoms with van der Waals surface area (Å²) >= 11 is 11.6. The zero-order valence-corrected chi connectivity index (χ0v) is 11.7. The molecule has 0 aromatic heterocycles. The summed E-state index contributed by atoms with van der Waals surface area (Å²) in [5.74, 6) is -0.792. The van der Waals surface area contributed by atoms with Gasteiger partial charge in [-0.15, -0.1) is 0 Å². The van der Waals surface area contributed by atoms with Crippen molar-refractivity contribution in [3.05, 3.63) is 37.9 Å². The molecule has 0 aliphatic rings. The maximum absolute atomic E-state index is 11.8. The molecule has 6 nitrogen and oxygen atoms in total. The molecule has 1 unspecified atom stereocenters. The van der Waals surface area contributed by atoms with E-state index in [1.165, 1.54) is 7.11 Å². The summed E-state index contributed by atoms with van der Waals surface area (Å²) in [5, 5.41) is 10.5. The van der Waals surface area contributed by atoms with Gasteiger partial charge < -0.3 is 9.47 Å². The first-order chi connectivity index (χ1) is 8.86. The van der Waals surface area contributed by atoms with Crippen LogP contribution in [-0.2, 0) is 9.47 Å². The first kappa shape index (κ1) is 15.7. The normalized spacial score (nSPS) is 12.0. The molecular formula is C11H11Cl2NO5. The lowest BCUT2D eigenvalue weighted by molar-refractivity contribution is -0.384. The summed E-state index contributed by atoms with van der Waals surface area (Å²) in [6, 6.07) is 2.09. The summed E-state index contributed by atoms with van der Waals surface area (Å²) in [6.45, 7) is 1.82. The van der Waals surface area contributed by atoms with Gasteiger partial charge in [0.25, 0.3) is 5.69 Å². The van der Waals surface area contributed by atoms with Crippen LogP contribution in [-0.4, -0.2) is 30.7 Å². The fraction of sp³-hybridized carbons (Fsp3) is 0.364. The van der Waals surface area contributed by atoms with E-state index in [0.717, 1.165) is 12.1 Å². The Labute approximate surface area is 119 Å². The quantitative estimate of drug-likeness (QED) is 0.474. The Hall–Kier alpha value is -1.37. The van der Waals surface area contributed by atoms with Crippen LogP contribution >= 0.6 is 23.2 Å². The third kappa shape index (κ3) is 4.05. The van der Waals surface area contributed by atoms with Crippen molar-refractivity contribution >= 4 is 34.9 Å². The molecule has 8 heteroatoms. The predicted molar refractivity (Wildman–Crippen MR) is 69.9 cm³/mol. The lowest BCUT2D eigenvalue weighted by Crippen LogP contribution is -2.20. The van der Waals surface area contributed by atoms with Gasteiger partial charge in [0.2, 0.25) is 0 Å². The Kier molecular flexibility index (Phi) is 5.53. The maximum atomic E-state index is 11.8. The van der Waals surface area contributed by atoms with Gasteiger partial charge in [-0.2, -0.15) is 0 Å². The summed E-state index contributed by atoms with van der Waals surface area (Å²) in [5.41, 5.74) is -0.482. The van der Waals surface area contributed by atoms with E-state index in [1.807, 2.05) is 0 Å². The molecule has 19 heavy (non-hydrogen) atoms. The molecule has 0 saturated carbocycles. The van der Waals surface area contributed by atoms with Crippen LogP contribution in [0.25, 0.3) is 0 Å². The lowest BCUT2D eigenvalue weighted by Gasteiger charge is -2.13. The third-order valence-corrected chi connectivity index (χ3v) is 2.96. The second-order valence-corrected chi connectivity index (χ2v) is 4.50. The molecule has 1 aromatic rings. The van der Waals surface area contributed by atoms with E-state index >= 15 is 0 Å². The molecule has 0 aliphatic carbocycles. The largest absolute Gasteiger partial charge is 0.457 e. The van der Waals surface area contributed by atoms with Gasteiger partial charge in [0.05, 0.1) is 27.1 Å². The topological polar surface area (TPSA) is 78.7 Å². The maximum Gasteiger partial charge on any atom is 0.340 e. The number of nitrogens with zero attached hydrogens (tertiary/aromatic N) is 1. The van der Waals surface area contributed by atoms with Gasteiger partial charge in [-0.3, -0.25) is 10.1 Å². The second kappa shape index (κ2) is 6.70. The number of nitro groups is 1. The molecule has 1 atom stereocenters. The minimum atomic E-state index is -0.792. The molecule has 0 radical (unpaired) electrons. The van der Waals surface area contributed by atoms with Crippen LogP contribution in [0.15, 0.2) is 12.1 Å². The molecule has 1 aromatic carbocycles. The fourth-order valence-corrected chi connectivity index (χ4v) is 1.74. The minimum absolute atomic E-state index is 0.0813. The monoisotopic (exact) mass is 307 g/mol. The highest BCUT2D eigenvalue weighted by molar-refractivity contribution is 6.43. The number of hydrogen-bond acceptors (Lipinski definition) is 5. The van der Waals surface area contributed by atoms with E-state index in [4.69, 9.17) is 32.7 Å². The number of ether oxygens (including phenoxy) is 2. The van der Waals surface area contributed by atoms with E-state index in [2.05, 4.69) is 0 Å². The van der Waals surface area contributed by atoms with Crippen LogP contribution in [0.4, 0.5) is 5.69 Å². The minimum Gasteiger partial charge on any atom is -0.457 e. The number of carbonyl (C=O) groups is 1. The molecule has 0 N–H and O–H groups in total. The summed E-state index contributed by atoms with van der Waals surface area (Å²) < 4.78 is 9.83. The molecule has 0 aliphatic heterocycles. The van der Waals surface area contributed by atoms with Crippen molar-refractivity contribution in [3.8, 4) is 0 Å². The highest BCUT2D eigenvalue weighted by Gasteiger charge is 2.21. The van der Waals surface area contributed by atoms with Gasteiger partial charge >= 0.3 is 5.97 Å². The van der Waals surface area contributed by atoms with Crippen LogP contribution in [0, 0.1) is 10.1 Å². The lowest BCUT2D eigenvalue weighted by atomic mass is 10.2. The van der Waals surface area contributed by atoms with Gasteiger partial charge in [0.15, 0.2) is 0 Å². The Bertz CT molecular complexity index is 506. The highest BCUT2D eigenvalue weighted by atomic mass is 35.5. The number of non-ortho nitro benzene ring substituents is 1. The molecule has 0 fully saturated rings. The molecule has 0 bridgehead atoms. The summed E-state index contributed by atoms with van der Waals surface area (Å²) in [4.78, 5) is 21.9. The van der Waals surface area contributed by atoms with E-state index < -0.39 is 17.0 Å². The number of methoxy groups -OCH3 is 1. The Morgan fingerprint density at radius 1 is 1.47 bits per heavy atom. The van der Waals surface area contributed by atoms with Crippen LogP contribution in [0.5, 0.6) is 0 Å². The summed E-state index contributed by atoms with van der Waals surface area (Å²) in [6.07, 6.45) is -0.508. The van der Waals surface area contributed by atoms with Crippen LogP contribution in [0.1, 0.15) is 17.3 Å². The molecular weight excluding hydrogens is 297 g/mol. The standard InChI is InChI=1S/C11H11Cl2NO5/c1-6(5-18-2)19-11(15)8-3-7(14(16)17)4-9(12)10(8)13/h3-4,6H,5H2,1-2H3. The number of nitro benzene ring substituents is 1. The van der Waals surface area contributed by atoms with Crippen molar-refractivity contribution in [3.63, 3.8) is 0 Å². The zero-order valence-electron chi connectivity index (χ0n) is 10.2. The van der Waals surface area contributed by atoms with E-state index in [-0.39, 0.29) is 27.9 Å². The van der Waals surface area contributed by atoms with Gasteiger partial charge in [-0.1, -0.05) is 23.2 Å².